The van der Waals surface area contributed by atoms with E-state index in [1.807, 2.05) is 42.5 Å². The Balaban J connectivity index is 2.92. The first-order valence-corrected chi connectivity index (χ1v) is 5.42. The summed E-state index contributed by atoms with van der Waals surface area (Å²) in [7, 11) is 0. The van der Waals surface area contributed by atoms with Gasteiger partial charge in [-0.2, -0.15) is 0 Å². The van der Waals surface area contributed by atoms with Crippen molar-refractivity contribution < 1.29 is 9.90 Å². The Bertz CT molecular complexity index is 453. The molecule has 2 heteroatoms. The van der Waals surface area contributed by atoms with Crippen molar-refractivity contribution >= 4 is 12.0 Å². The number of hydrogen-bond donors (Lipinski definition) is 1. The predicted octanol–water partition coefficient (Wildman–Crippen LogP) is 3.68. The molecule has 1 aromatic carbocycles. The van der Waals surface area contributed by atoms with Gasteiger partial charge in [0.2, 0.25) is 0 Å². The van der Waals surface area contributed by atoms with E-state index in [-0.39, 0.29) is 0 Å². The first-order chi connectivity index (χ1) is 8.15. The molecular weight excluding hydrogens is 212 g/mol. The molecule has 88 valence electrons. The maximum atomic E-state index is 11.0. The first kappa shape index (κ1) is 13.0. The molecule has 1 rings (SSSR count). The molecule has 0 amide bonds. The molecule has 17 heavy (non-hydrogen) atoms. The first-order valence-electron chi connectivity index (χ1n) is 5.42. The average Bonchev–Trinajstić information content (AvgIpc) is 2.34. The van der Waals surface area contributed by atoms with E-state index in [2.05, 4.69) is 6.58 Å². The van der Waals surface area contributed by atoms with Crippen molar-refractivity contribution in [2.75, 3.05) is 0 Å². The van der Waals surface area contributed by atoms with Crippen LogP contribution >= 0.6 is 0 Å². The highest BCUT2D eigenvalue weighted by molar-refractivity contribution is 5.88. The maximum Gasteiger partial charge on any atom is 0.332 e. The van der Waals surface area contributed by atoms with Gasteiger partial charge in [-0.3, -0.25) is 0 Å². The quantitative estimate of drug-likeness (QED) is 0.474. The van der Waals surface area contributed by atoms with Gasteiger partial charge in [-0.25, -0.2) is 4.79 Å². The van der Waals surface area contributed by atoms with Crippen LogP contribution in [0.2, 0.25) is 0 Å². The van der Waals surface area contributed by atoms with Crippen LogP contribution in [0.5, 0.6) is 0 Å². The molecule has 0 heterocycles. The number of carboxylic acid groups (broad SMARTS) is 1. The molecule has 2 nitrogen and oxygen atoms in total. The van der Waals surface area contributed by atoms with Crippen LogP contribution in [0.3, 0.4) is 0 Å². The molecule has 0 saturated heterocycles. The van der Waals surface area contributed by atoms with Gasteiger partial charge in [-0.15, -0.1) is 6.58 Å². The Morgan fingerprint density at radius 1 is 1.35 bits per heavy atom. The topological polar surface area (TPSA) is 37.3 Å². The summed E-state index contributed by atoms with van der Waals surface area (Å²) in [5.74, 6) is -0.889. The minimum Gasteiger partial charge on any atom is -0.478 e. The fraction of sp³-hybridized carbons (Fsp3) is 0.133. The van der Waals surface area contributed by atoms with Crippen LogP contribution in [0.1, 0.15) is 18.9 Å². The average molecular weight is 228 g/mol. The van der Waals surface area contributed by atoms with E-state index in [0.717, 1.165) is 11.1 Å². The number of carboxylic acids is 1. The molecule has 0 radical (unpaired) electrons. The van der Waals surface area contributed by atoms with Crippen molar-refractivity contribution in [2.45, 2.75) is 13.3 Å². The third-order valence-corrected chi connectivity index (χ3v) is 2.41. The van der Waals surface area contributed by atoms with Crippen LogP contribution in [0.15, 0.2) is 60.2 Å². The standard InChI is InChI=1S/C15H16O2/c1-3-7-14(15(16)17)12(2)10-11-13-8-5-4-6-9-13/h3-6,8-11H,1,7H2,2H3,(H,16,17)/b11-10+,14-12+. The van der Waals surface area contributed by atoms with Crippen LogP contribution in [0.25, 0.3) is 6.08 Å². The summed E-state index contributed by atoms with van der Waals surface area (Å²) < 4.78 is 0. The Morgan fingerprint density at radius 3 is 2.53 bits per heavy atom. The van der Waals surface area contributed by atoms with E-state index >= 15 is 0 Å². The van der Waals surface area contributed by atoms with Gasteiger partial charge in [-0.05, 0) is 24.5 Å². The molecule has 0 unspecified atom stereocenters. The SMILES string of the molecule is C=CC/C(C(=O)O)=C(C)\C=C\c1ccccc1. The largest absolute Gasteiger partial charge is 0.478 e. The molecule has 0 aliphatic rings. The highest BCUT2D eigenvalue weighted by atomic mass is 16.4. The van der Waals surface area contributed by atoms with Crippen LogP contribution in [0.4, 0.5) is 0 Å². The molecule has 0 bridgehead atoms. The van der Waals surface area contributed by atoms with Crippen LogP contribution in [-0.4, -0.2) is 11.1 Å². The van der Waals surface area contributed by atoms with E-state index < -0.39 is 5.97 Å². The third kappa shape index (κ3) is 4.11. The number of allylic oxidation sites excluding steroid dienone is 3. The summed E-state index contributed by atoms with van der Waals surface area (Å²) >= 11 is 0. The maximum absolute atomic E-state index is 11.0. The van der Waals surface area contributed by atoms with Crippen molar-refractivity contribution in [1.29, 1.82) is 0 Å². The molecule has 0 aliphatic carbocycles. The van der Waals surface area contributed by atoms with Gasteiger partial charge < -0.3 is 5.11 Å². The second-order valence-corrected chi connectivity index (χ2v) is 3.70. The zero-order chi connectivity index (χ0) is 12.7. The third-order valence-electron chi connectivity index (χ3n) is 2.41. The van der Waals surface area contributed by atoms with Gasteiger partial charge in [-0.1, -0.05) is 48.6 Å². The summed E-state index contributed by atoms with van der Waals surface area (Å²) in [6, 6.07) is 9.77. The molecule has 0 aromatic heterocycles. The van der Waals surface area contributed by atoms with Gasteiger partial charge >= 0.3 is 5.97 Å². The normalized spacial score (nSPS) is 12.3. The molecule has 0 aliphatic heterocycles. The van der Waals surface area contributed by atoms with E-state index in [1.54, 1.807) is 13.0 Å². The summed E-state index contributed by atoms with van der Waals surface area (Å²) in [4.78, 5) is 11.0. The molecular formula is C15H16O2. The van der Waals surface area contributed by atoms with E-state index in [4.69, 9.17) is 5.11 Å². The van der Waals surface area contributed by atoms with Crippen LogP contribution < -0.4 is 0 Å². The molecule has 1 N–H and O–H groups in total. The summed E-state index contributed by atoms with van der Waals surface area (Å²) in [6.07, 6.45) is 5.70. The number of aliphatic carboxylic acids is 1. The minimum absolute atomic E-state index is 0.375. The Morgan fingerprint density at radius 2 is 2.00 bits per heavy atom. The molecule has 1 aromatic rings. The highest BCUT2D eigenvalue weighted by Gasteiger charge is 2.07. The molecule has 0 fully saturated rings. The van der Waals surface area contributed by atoms with Crippen molar-refractivity contribution in [1.82, 2.24) is 0 Å². The molecule has 0 spiro atoms. The van der Waals surface area contributed by atoms with Crippen molar-refractivity contribution in [2.24, 2.45) is 0 Å². The minimum atomic E-state index is -0.889. The number of rotatable bonds is 5. The summed E-state index contributed by atoms with van der Waals surface area (Å²) in [6.45, 7) is 5.36. The van der Waals surface area contributed by atoms with Crippen LogP contribution in [0, 0.1) is 0 Å². The van der Waals surface area contributed by atoms with Gasteiger partial charge in [0.1, 0.15) is 0 Å². The fourth-order valence-electron chi connectivity index (χ4n) is 1.45. The second kappa shape index (κ2) is 6.48. The summed E-state index contributed by atoms with van der Waals surface area (Å²) in [5, 5.41) is 9.03. The Kier molecular flexibility index (Phi) is 4.95. The van der Waals surface area contributed by atoms with E-state index in [1.165, 1.54) is 0 Å². The lowest BCUT2D eigenvalue weighted by molar-refractivity contribution is -0.132. The van der Waals surface area contributed by atoms with Gasteiger partial charge in [0.05, 0.1) is 0 Å². The van der Waals surface area contributed by atoms with Gasteiger partial charge in [0.15, 0.2) is 0 Å². The smallest absolute Gasteiger partial charge is 0.332 e. The number of hydrogen-bond acceptors (Lipinski definition) is 1. The molecule has 0 atom stereocenters. The van der Waals surface area contributed by atoms with Crippen molar-refractivity contribution in [3.05, 3.63) is 65.8 Å². The zero-order valence-corrected chi connectivity index (χ0v) is 9.89. The van der Waals surface area contributed by atoms with Gasteiger partial charge in [0, 0.05) is 5.57 Å². The fourth-order valence-corrected chi connectivity index (χ4v) is 1.45. The van der Waals surface area contributed by atoms with Crippen LogP contribution in [-0.2, 0) is 4.79 Å². The van der Waals surface area contributed by atoms with Gasteiger partial charge in [0.25, 0.3) is 0 Å². The van der Waals surface area contributed by atoms with Crippen molar-refractivity contribution in [3.8, 4) is 0 Å². The Hall–Kier alpha value is -2.09. The predicted molar refractivity (Wildman–Crippen MR) is 70.6 cm³/mol. The monoisotopic (exact) mass is 228 g/mol. The molecule has 0 saturated carbocycles. The number of carbonyl (C=O) groups is 1. The van der Waals surface area contributed by atoms with E-state index in [9.17, 15) is 4.79 Å². The highest BCUT2D eigenvalue weighted by Crippen LogP contribution is 2.13. The number of benzene rings is 1. The zero-order valence-electron chi connectivity index (χ0n) is 9.89. The van der Waals surface area contributed by atoms with Crippen molar-refractivity contribution in [3.63, 3.8) is 0 Å². The Labute approximate surface area is 102 Å². The van der Waals surface area contributed by atoms with E-state index in [0.29, 0.717) is 12.0 Å². The lowest BCUT2D eigenvalue weighted by Crippen LogP contribution is -2.01. The lowest BCUT2D eigenvalue weighted by atomic mass is 10.1. The second-order valence-electron chi connectivity index (χ2n) is 3.70. The lowest BCUT2D eigenvalue weighted by Gasteiger charge is -2.01. The summed E-state index contributed by atoms with van der Waals surface area (Å²) in [5.41, 5.74) is 2.18.